The lowest BCUT2D eigenvalue weighted by atomic mass is 9.81. The van der Waals surface area contributed by atoms with Crippen molar-refractivity contribution < 1.29 is 19.4 Å². The van der Waals surface area contributed by atoms with E-state index in [9.17, 15) is 4.79 Å². The minimum atomic E-state index is -0.500. The zero-order valence-corrected chi connectivity index (χ0v) is 14.0. The van der Waals surface area contributed by atoms with Gasteiger partial charge in [0, 0.05) is 5.54 Å². The molecule has 0 saturated heterocycles. The quantitative estimate of drug-likeness (QED) is 0.707. The summed E-state index contributed by atoms with van der Waals surface area (Å²) >= 11 is 0. The molecule has 0 rings (SSSR count). The van der Waals surface area contributed by atoms with Crippen LogP contribution in [-0.2, 0) is 9.47 Å². The lowest BCUT2D eigenvalue weighted by Crippen LogP contribution is -2.48. The molecule has 0 saturated carbocycles. The fourth-order valence-corrected chi connectivity index (χ4v) is 2.28. The monoisotopic (exact) mass is 289 g/mol. The summed E-state index contributed by atoms with van der Waals surface area (Å²) in [6, 6.07) is 0. The van der Waals surface area contributed by atoms with Crippen LogP contribution in [0.25, 0.3) is 0 Å². The fourth-order valence-electron chi connectivity index (χ4n) is 2.28. The van der Waals surface area contributed by atoms with Crippen LogP contribution in [0.1, 0.15) is 54.9 Å². The lowest BCUT2D eigenvalue weighted by Gasteiger charge is -2.35. The Bertz CT molecular complexity index is 305. The first-order chi connectivity index (χ1) is 8.87. The SMILES string of the molecule is CC(C)(COCCO)CC(C)(C)NC(=O)OC(C)(C)C. The molecule has 5 nitrogen and oxygen atoms in total. The predicted octanol–water partition coefficient (Wildman–Crippen LogP) is 2.71. The normalized spacial score (nSPS) is 13.2. The highest BCUT2D eigenvalue weighted by atomic mass is 16.6. The van der Waals surface area contributed by atoms with Gasteiger partial charge in [0.1, 0.15) is 5.60 Å². The summed E-state index contributed by atoms with van der Waals surface area (Å²) in [6.45, 7) is 14.5. The first-order valence-electron chi connectivity index (χ1n) is 7.07. The molecule has 0 aliphatic heterocycles. The van der Waals surface area contributed by atoms with Crippen LogP contribution in [0.2, 0.25) is 0 Å². The van der Waals surface area contributed by atoms with E-state index in [0.29, 0.717) is 13.2 Å². The van der Waals surface area contributed by atoms with Gasteiger partial charge in [-0.05, 0) is 46.5 Å². The molecule has 0 unspecified atom stereocenters. The molecule has 0 fully saturated rings. The van der Waals surface area contributed by atoms with Crippen molar-refractivity contribution in [3.63, 3.8) is 0 Å². The van der Waals surface area contributed by atoms with Crippen LogP contribution >= 0.6 is 0 Å². The molecule has 5 heteroatoms. The number of amides is 1. The van der Waals surface area contributed by atoms with Crippen molar-refractivity contribution in [1.29, 1.82) is 0 Å². The summed E-state index contributed by atoms with van der Waals surface area (Å²) in [4.78, 5) is 11.8. The van der Waals surface area contributed by atoms with Gasteiger partial charge in [0.15, 0.2) is 0 Å². The molecule has 20 heavy (non-hydrogen) atoms. The maximum atomic E-state index is 11.8. The van der Waals surface area contributed by atoms with Crippen LogP contribution in [0.3, 0.4) is 0 Å². The zero-order valence-electron chi connectivity index (χ0n) is 14.0. The van der Waals surface area contributed by atoms with Crippen molar-refractivity contribution in [2.24, 2.45) is 5.41 Å². The van der Waals surface area contributed by atoms with E-state index in [4.69, 9.17) is 14.6 Å². The van der Waals surface area contributed by atoms with E-state index in [-0.39, 0.29) is 12.0 Å². The van der Waals surface area contributed by atoms with Gasteiger partial charge in [-0.1, -0.05) is 13.8 Å². The number of hydrogen-bond acceptors (Lipinski definition) is 4. The topological polar surface area (TPSA) is 67.8 Å². The van der Waals surface area contributed by atoms with Crippen LogP contribution in [0.4, 0.5) is 4.79 Å². The number of alkyl carbamates (subject to hydrolysis) is 1. The summed E-state index contributed by atoms with van der Waals surface area (Å²) in [7, 11) is 0. The number of nitrogens with one attached hydrogen (secondary N) is 1. The Balaban J connectivity index is 4.38. The standard InChI is InChI=1S/C15H31NO4/c1-13(2,3)20-12(18)16-15(6,7)10-14(4,5)11-19-9-8-17/h17H,8-11H2,1-7H3,(H,16,18). The maximum Gasteiger partial charge on any atom is 0.408 e. The average molecular weight is 289 g/mol. The number of aliphatic hydroxyl groups excluding tert-OH is 1. The van der Waals surface area contributed by atoms with E-state index in [1.54, 1.807) is 0 Å². The van der Waals surface area contributed by atoms with Gasteiger partial charge < -0.3 is 19.9 Å². The molecule has 0 aromatic heterocycles. The van der Waals surface area contributed by atoms with Crippen LogP contribution in [0.5, 0.6) is 0 Å². The van der Waals surface area contributed by atoms with Crippen LogP contribution in [0, 0.1) is 5.41 Å². The second kappa shape index (κ2) is 7.27. The van der Waals surface area contributed by atoms with Crippen molar-refractivity contribution in [2.45, 2.75) is 66.0 Å². The van der Waals surface area contributed by atoms with E-state index >= 15 is 0 Å². The molecule has 0 aliphatic carbocycles. The third kappa shape index (κ3) is 10.0. The van der Waals surface area contributed by atoms with Crippen molar-refractivity contribution in [3.8, 4) is 0 Å². The molecule has 2 N–H and O–H groups in total. The van der Waals surface area contributed by atoms with E-state index in [1.165, 1.54) is 0 Å². The smallest absolute Gasteiger partial charge is 0.408 e. The molecule has 0 aromatic rings. The predicted molar refractivity (Wildman–Crippen MR) is 79.8 cm³/mol. The van der Waals surface area contributed by atoms with Gasteiger partial charge in [0.05, 0.1) is 19.8 Å². The Labute approximate surface area is 123 Å². The van der Waals surface area contributed by atoms with E-state index < -0.39 is 17.2 Å². The third-order valence-corrected chi connectivity index (χ3v) is 2.49. The summed E-state index contributed by atoms with van der Waals surface area (Å²) in [5, 5.41) is 11.6. The summed E-state index contributed by atoms with van der Waals surface area (Å²) in [5.74, 6) is 0. The average Bonchev–Trinajstić information content (AvgIpc) is 2.10. The van der Waals surface area contributed by atoms with Gasteiger partial charge in [-0.3, -0.25) is 0 Å². The van der Waals surface area contributed by atoms with Crippen molar-refractivity contribution in [1.82, 2.24) is 5.32 Å². The second-order valence-electron chi connectivity index (χ2n) is 7.63. The number of rotatable bonds is 7. The number of ether oxygens (including phenoxy) is 2. The minimum Gasteiger partial charge on any atom is -0.444 e. The molecule has 0 atom stereocenters. The first kappa shape index (κ1) is 19.2. The molecule has 0 aliphatic rings. The molecule has 0 radical (unpaired) electrons. The van der Waals surface area contributed by atoms with E-state index in [1.807, 2.05) is 34.6 Å². The Morgan fingerprint density at radius 3 is 2.10 bits per heavy atom. The number of carbonyl (C=O) groups excluding carboxylic acids is 1. The van der Waals surface area contributed by atoms with Gasteiger partial charge in [-0.25, -0.2) is 4.79 Å². The first-order valence-corrected chi connectivity index (χ1v) is 7.07. The van der Waals surface area contributed by atoms with Crippen LogP contribution in [-0.4, -0.2) is 42.2 Å². The summed E-state index contributed by atoms with van der Waals surface area (Å²) in [5.41, 5.74) is -0.998. The Morgan fingerprint density at radius 2 is 1.65 bits per heavy atom. The molecule has 120 valence electrons. The molecule has 0 heterocycles. The van der Waals surface area contributed by atoms with Gasteiger partial charge >= 0.3 is 6.09 Å². The number of carbonyl (C=O) groups is 1. The van der Waals surface area contributed by atoms with Crippen molar-refractivity contribution in [3.05, 3.63) is 0 Å². The molecular formula is C15H31NO4. The highest BCUT2D eigenvalue weighted by Gasteiger charge is 2.31. The molecule has 0 spiro atoms. The third-order valence-electron chi connectivity index (χ3n) is 2.49. The highest BCUT2D eigenvalue weighted by molar-refractivity contribution is 5.68. The summed E-state index contributed by atoms with van der Waals surface area (Å²) < 4.78 is 10.7. The Kier molecular flexibility index (Phi) is 6.98. The van der Waals surface area contributed by atoms with E-state index in [2.05, 4.69) is 19.2 Å². The largest absolute Gasteiger partial charge is 0.444 e. The zero-order chi connectivity index (χ0) is 16.0. The lowest BCUT2D eigenvalue weighted by molar-refractivity contribution is 0.0200. The van der Waals surface area contributed by atoms with Gasteiger partial charge in [-0.2, -0.15) is 0 Å². The molecule has 0 bridgehead atoms. The van der Waals surface area contributed by atoms with Crippen molar-refractivity contribution >= 4 is 6.09 Å². The molecule has 0 aromatic carbocycles. The van der Waals surface area contributed by atoms with Crippen molar-refractivity contribution in [2.75, 3.05) is 19.8 Å². The Hall–Kier alpha value is -0.810. The van der Waals surface area contributed by atoms with Crippen LogP contribution < -0.4 is 5.32 Å². The highest BCUT2D eigenvalue weighted by Crippen LogP contribution is 2.28. The number of hydrogen-bond donors (Lipinski definition) is 2. The minimum absolute atomic E-state index is 0.0234. The summed E-state index contributed by atoms with van der Waals surface area (Å²) in [6.07, 6.45) is 0.333. The molecule has 1 amide bonds. The van der Waals surface area contributed by atoms with Gasteiger partial charge in [0.25, 0.3) is 0 Å². The maximum absolute atomic E-state index is 11.8. The van der Waals surface area contributed by atoms with Gasteiger partial charge in [-0.15, -0.1) is 0 Å². The second-order valence-corrected chi connectivity index (χ2v) is 7.63. The molecular weight excluding hydrogens is 258 g/mol. The Morgan fingerprint density at radius 1 is 1.10 bits per heavy atom. The van der Waals surface area contributed by atoms with E-state index in [0.717, 1.165) is 6.42 Å². The van der Waals surface area contributed by atoms with Crippen LogP contribution in [0.15, 0.2) is 0 Å². The van der Waals surface area contributed by atoms with Gasteiger partial charge in [0.2, 0.25) is 0 Å². The fraction of sp³-hybridized carbons (Fsp3) is 0.933. The number of aliphatic hydroxyl groups is 1.